The summed E-state index contributed by atoms with van der Waals surface area (Å²) >= 11 is 0. The second-order valence-electron chi connectivity index (χ2n) is 7.96. The second-order valence-corrected chi connectivity index (χ2v) is 9.90. The van der Waals surface area contributed by atoms with Gasteiger partial charge in [-0.25, -0.2) is 13.2 Å². The van der Waals surface area contributed by atoms with Gasteiger partial charge in [0.1, 0.15) is 13.2 Å². The van der Waals surface area contributed by atoms with Crippen molar-refractivity contribution in [1.29, 1.82) is 0 Å². The number of ether oxygens (including phenoxy) is 4. The van der Waals surface area contributed by atoms with E-state index in [-0.39, 0.29) is 35.8 Å². The highest BCUT2D eigenvalue weighted by molar-refractivity contribution is 7.89. The van der Waals surface area contributed by atoms with E-state index in [9.17, 15) is 18.0 Å². The number of esters is 1. The first-order valence-electron chi connectivity index (χ1n) is 10.6. The van der Waals surface area contributed by atoms with Gasteiger partial charge in [0.25, 0.3) is 0 Å². The lowest BCUT2D eigenvalue weighted by Gasteiger charge is -2.34. The van der Waals surface area contributed by atoms with Gasteiger partial charge in [-0.3, -0.25) is 4.79 Å². The van der Waals surface area contributed by atoms with Crippen LogP contribution in [0.2, 0.25) is 0 Å². The van der Waals surface area contributed by atoms with Crippen molar-refractivity contribution >= 4 is 21.8 Å². The molecule has 0 saturated carbocycles. The summed E-state index contributed by atoms with van der Waals surface area (Å²) in [6, 6.07) is 10.3. The van der Waals surface area contributed by atoms with Crippen LogP contribution < -0.4 is 9.47 Å². The number of carbonyl (C=O) groups is 2. The van der Waals surface area contributed by atoms with Crippen molar-refractivity contribution in [3.63, 3.8) is 0 Å². The minimum Gasteiger partial charge on any atom is -0.486 e. The fourth-order valence-electron chi connectivity index (χ4n) is 3.77. The van der Waals surface area contributed by atoms with Crippen LogP contribution in [0.3, 0.4) is 0 Å². The average Bonchev–Trinajstić information content (AvgIpc) is 2.81. The summed E-state index contributed by atoms with van der Waals surface area (Å²) in [6.45, 7) is 4.41. The number of morpholine rings is 1. The molecule has 2 aromatic rings. The van der Waals surface area contributed by atoms with E-state index < -0.39 is 28.4 Å². The molecule has 2 atom stereocenters. The number of rotatable bonds is 6. The smallest absolute Gasteiger partial charge is 0.338 e. The van der Waals surface area contributed by atoms with Crippen molar-refractivity contribution in [2.75, 3.05) is 32.9 Å². The van der Waals surface area contributed by atoms with Gasteiger partial charge in [-0.1, -0.05) is 6.07 Å². The first kappa shape index (κ1) is 23.2. The monoisotopic (exact) mass is 475 g/mol. The summed E-state index contributed by atoms with van der Waals surface area (Å²) in [7, 11) is -3.81. The van der Waals surface area contributed by atoms with E-state index in [0.717, 1.165) is 0 Å². The molecule has 2 heterocycles. The Balaban J connectivity index is 1.43. The number of hydrogen-bond donors (Lipinski definition) is 0. The maximum absolute atomic E-state index is 13.1. The summed E-state index contributed by atoms with van der Waals surface area (Å²) in [5.74, 6) is -0.193. The Kier molecular flexibility index (Phi) is 6.68. The molecular formula is C23H25NO8S. The summed E-state index contributed by atoms with van der Waals surface area (Å²) < 4.78 is 49.1. The van der Waals surface area contributed by atoms with E-state index in [4.69, 9.17) is 18.9 Å². The molecule has 176 valence electrons. The molecule has 0 radical (unpaired) electrons. The number of carbonyl (C=O) groups excluding carboxylic acids is 2. The van der Waals surface area contributed by atoms with Crippen molar-refractivity contribution in [1.82, 2.24) is 4.31 Å². The van der Waals surface area contributed by atoms with Crippen molar-refractivity contribution in [3.05, 3.63) is 53.6 Å². The van der Waals surface area contributed by atoms with Crippen LogP contribution >= 0.6 is 0 Å². The SMILES string of the molecule is CC1CN(S(=O)(=O)c2cccc(C(=O)OCC(=O)c3ccc4c(c3)OCCO4)c2)CC(C)O1. The van der Waals surface area contributed by atoms with Gasteiger partial charge in [0.2, 0.25) is 10.0 Å². The first-order valence-corrected chi connectivity index (χ1v) is 12.0. The molecule has 33 heavy (non-hydrogen) atoms. The molecule has 2 unspecified atom stereocenters. The zero-order chi connectivity index (χ0) is 23.6. The topological polar surface area (TPSA) is 108 Å². The zero-order valence-corrected chi connectivity index (χ0v) is 19.2. The standard InChI is InChI=1S/C23H25NO8S/c1-15-12-24(13-16(2)32-15)33(27,28)19-5-3-4-18(10-19)23(26)31-14-20(25)17-6-7-21-22(11-17)30-9-8-29-21/h3-7,10-11,15-16H,8-9,12-14H2,1-2H3. The lowest BCUT2D eigenvalue weighted by molar-refractivity contribution is -0.0440. The van der Waals surface area contributed by atoms with Crippen molar-refractivity contribution in [2.45, 2.75) is 31.0 Å². The maximum atomic E-state index is 13.1. The number of sulfonamides is 1. The Bertz CT molecular complexity index is 1150. The highest BCUT2D eigenvalue weighted by Gasteiger charge is 2.32. The van der Waals surface area contributed by atoms with Gasteiger partial charge in [-0.2, -0.15) is 4.31 Å². The average molecular weight is 476 g/mol. The first-order chi connectivity index (χ1) is 15.7. The summed E-state index contributed by atoms with van der Waals surface area (Å²) in [6.07, 6.45) is -0.466. The van der Waals surface area contributed by atoms with Crippen molar-refractivity contribution < 1.29 is 37.0 Å². The van der Waals surface area contributed by atoms with Crippen LogP contribution in [0.4, 0.5) is 0 Å². The molecule has 0 aliphatic carbocycles. The number of ketones is 1. The van der Waals surface area contributed by atoms with E-state index in [1.807, 2.05) is 13.8 Å². The molecule has 9 nitrogen and oxygen atoms in total. The fraction of sp³-hybridized carbons (Fsp3) is 0.391. The highest BCUT2D eigenvalue weighted by atomic mass is 32.2. The second kappa shape index (κ2) is 9.50. The van der Waals surface area contributed by atoms with E-state index in [2.05, 4.69) is 0 Å². The zero-order valence-electron chi connectivity index (χ0n) is 18.4. The molecule has 4 rings (SSSR count). The maximum Gasteiger partial charge on any atom is 0.338 e. The quantitative estimate of drug-likeness (QED) is 0.463. The third-order valence-electron chi connectivity index (χ3n) is 5.29. The molecular weight excluding hydrogens is 450 g/mol. The van der Waals surface area contributed by atoms with Gasteiger partial charge in [-0.15, -0.1) is 0 Å². The number of benzene rings is 2. The van der Waals surface area contributed by atoms with Crippen LogP contribution in [-0.4, -0.2) is 69.6 Å². The Morgan fingerprint density at radius 2 is 1.67 bits per heavy atom. The van der Waals surface area contributed by atoms with E-state index >= 15 is 0 Å². The lowest BCUT2D eigenvalue weighted by Crippen LogP contribution is -2.48. The summed E-state index contributed by atoms with van der Waals surface area (Å²) in [5, 5.41) is 0. The minimum atomic E-state index is -3.81. The van der Waals surface area contributed by atoms with E-state index in [1.54, 1.807) is 18.2 Å². The third kappa shape index (κ3) is 5.18. The molecule has 0 bridgehead atoms. The molecule has 1 saturated heterocycles. The van der Waals surface area contributed by atoms with Crippen molar-refractivity contribution in [2.24, 2.45) is 0 Å². The van der Waals surface area contributed by atoms with Gasteiger partial charge in [0, 0.05) is 18.7 Å². The minimum absolute atomic E-state index is 0.0172. The number of fused-ring (bicyclic) bond motifs is 1. The van der Waals surface area contributed by atoms with E-state index in [1.165, 1.54) is 28.6 Å². The number of hydrogen-bond acceptors (Lipinski definition) is 8. The Morgan fingerprint density at radius 1 is 0.970 bits per heavy atom. The van der Waals surface area contributed by atoms with Gasteiger partial charge in [0.05, 0.1) is 22.7 Å². The van der Waals surface area contributed by atoms with Gasteiger partial charge >= 0.3 is 5.97 Å². The summed E-state index contributed by atoms with van der Waals surface area (Å²) in [5.41, 5.74) is 0.361. The van der Waals surface area contributed by atoms with Crippen LogP contribution in [0.5, 0.6) is 11.5 Å². The summed E-state index contributed by atoms with van der Waals surface area (Å²) in [4.78, 5) is 25.0. The molecule has 1 fully saturated rings. The number of nitrogens with zero attached hydrogens (tertiary/aromatic N) is 1. The van der Waals surface area contributed by atoms with Crippen LogP contribution in [0.1, 0.15) is 34.6 Å². The predicted molar refractivity (Wildman–Crippen MR) is 117 cm³/mol. The Morgan fingerprint density at radius 3 is 2.39 bits per heavy atom. The van der Waals surface area contributed by atoms with Gasteiger partial charge in [-0.05, 0) is 50.2 Å². The molecule has 0 amide bonds. The molecule has 2 aliphatic heterocycles. The van der Waals surface area contributed by atoms with Crippen LogP contribution in [-0.2, 0) is 19.5 Å². The molecule has 0 aromatic heterocycles. The van der Waals surface area contributed by atoms with Crippen molar-refractivity contribution in [3.8, 4) is 11.5 Å². The van der Waals surface area contributed by atoms with Crippen LogP contribution in [0, 0.1) is 0 Å². The molecule has 2 aliphatic rings. The molecule has 2 aromatic carbocycles. The van der Waals surface area contributed by atoms with Gasteiger partial charge < -0.3 is 18.9 Å². The van der Waals surface area contributed by atoms with E-state index in [0.29, 0.717) is 30.3 Å². The largest absolute Gasteiger partial charge is 0.486 e. The van der Waals surface area contributed by atoms with Gasteiger partial charge in [0.15, 0.2) is 23.9 Å². The lowest BCUT2D eigenvalue weighted by atomic mass is 10.1. The molecule has 10 heteroatoms. The number of Topliss-reactive ketones (excluding diaryl/α,β-unsaturated/α-hetero) is 1. The Hall–Kier alpha value is -2.95. The Labute approximate surface area is 192 Å². The highest BCUT2D eigenvalue weighted by Crippen LogP contribution is 2.31. The molecule has 0 spiro atoms. The fourth-order valence-corrected chi connectivity index (χ4v) is 5.41. The third-order valence-corrected chi connectivity index (χ3v) is 7.12. The molecule has 0 N–H and O–H groups in total. The normalized spacial score (nSPS) is 20.8. The van der Waals surface area contributed by atoms with Crippen LogP contribution in [0.15, 0.2) is 47.4 Å². The van der Waals surface area contributed by atoms with Crippen LogP contribution in [0.25, 0.3) is 0 Å². The predicted octanol–water partition coefficient (Wildman–Crippen LogP) is 2.30.